The van der Waals surface area contributed by atoms with E-state index < -0.39 is 28.9 Å². The Morgan fingerprint density at radius 3 is 2.66 bits per heavy atom. The number of hydrogen-bond donors (Lipinski definition) is 4. The van der Waals surface area contributed by atoms with Crippen molar-refractivity contribution in [1.82, 2.24) is 19.9 Å². The number of aromatic carboxylic acids is 1. The molecule has 0 saturated heterocycles. The molecule has 4 N–H and O–H groups in total. The fourth-order valence-corrected chi connectivity index (χ4v) is 4.25. The van der Waals surface area contributed by atoms with Crippen molar-refractivity contribution < 1.29 is 32.9 Å². The van der Waals surface area contributed by atoms with Gasteiger partial charge in [0.15, 0.2) is 0 Å². The van der Waals surface area contributed by atoms with Crippen LogP contribution >= 0.6 is 0 Å². The first-order valence-corrected chi connectivity index (χ1v) is 11.8. The number of aliphatic hydroxyl groups excluding tert-OH is 1. The highest BCUT2D eigenvalue weighted by molar-refractivity contribution is 5.85. The van der Waals surface area contributed by atoms with Crippen LogP contribution in [0.2, 0.25) is 0 Å². The summed E-state index contributed by atoms with van der Waals surface area (Å²) in [5, 5.41) is 21.4. The van der Waals surface area contributed by atoms with Crippen LogP contribution in [0, 0.1) is 0 Å². The van der Waals surface area contributed by atoms with Crippen LogP contribution in [0.1, 0.15) is 53.6 Å². The fraction of sp³-hybridized carbons (Fsp3) is 0.346. The number of carboxylic acids is 1. The second kappa shape index (κ2) is 10.1. The van der Waals surface area contributed by atoms with Crippen molar-refractivity contribution >= 4 is 11.5 Å². The van der Waals surface area contributed by atoms with E-state index in [1.54, 1.807) is 26.8 Å². The number of imidazole rings is 1. The number of H-pyrrole nitrogens is 1. The summed E-state index contributed by atoms with van der Waals surface area (Å²) in [5.41, 5.74) is -1.35. The highest BCUT2D eigenvalue weighted by Gasteiger charge is 2.37. The molecule has 1 atom stereocenters. The number of nitrogens with zero attached hydrogens (tertiary/aromatic N) is 2. The second-order valence-corrected chi connectivity index (χ2v) is 9.68. The van der Waals surface area contributed by atoms with Gasteiger partial charge in [0.1, 0.15) is 22.7 Å². The van der Waals surface area contributed by atoms with Crippen molar-refractivity contribution in [2.75, 3.05) is 13.2 Å². The third kappa shape index (κ3) is 5.81. The molecule has 3 heterocycles. The molecule has 38 heavy (non-hydrogen) atoms. The van der Waals surface area contributed by atoms with Crippen molar-refractivity contribution in [2.24, 2.45) is 0 Å². The molecule has 9 nitrogen and oxygen atoms in total. The topological polar surface area (TPSA) is 129 Å². The summed E-state index contributed by atoms with van der Waals surface area (Å²) < 4.78 is 49.8. The SMILES string of the molecule is C[C@H](CO)NCC1=CC(C)(C)Oc2cc(Cc3cn(-c4ccc(C(=O)O)[nH]c4=O)cn3)c(C(F)(F)F)cc21. The first kappa shape index (κ1) is 27.1. The van der Waals surface area contributed by atoms with Gasteiger partial charge in [-0.15, -0.1) is 0 Å². The Kier molecular flexibility index (Phi) is 7.22. The van der Waals surface area contributed by atoms with E-state index in [2.05, 4.69) is 15.3 Å². The number of carboxylic acid groups (broad SMARTS) is 1. The van der Waals surface area contributed by atoms with Gasteiger partial charge in [-0.25, -0.2) is 9.78 Å². The number of benzene rings is 1. The molecular formula is C26H27F3N4O5. The Bertz CT molecular complexity index is 1460. The number of aromatic nitrogens is 3. The van der Waals surface area contributed by atoms with E-state index in [4.69, 9.17) is 9.84 Å². The Labute approximate surface area is 215 Å². The van der Waals surface area contributed by atoms with Crippen LogP contribution in [-0.4, -0.2) is 55.5 Å². The standard InChI is InChI=1S/C26H27F3N4O5/c1-14(12-34)30-10-16-9-25(2,3)38-22-7-15(19(8-18(16)22)26(27,28)29)6-17-11-33(13-31-17)21-5-4-20(24(36)37)32-23(21)35/h4-5,7-9,11,13-14,30,34H,6,10,12H2,1-3H3,(H,32,35)(H,36,37)/t14-/m1/s1. The molecule has 1 aliphatic heterocycles. The minimum atomic E-state index is -4.65. The second-order valence-electron chi connectivity index (χ2n) is 9.68. The van der Waals surface area contributed by atoms with E-state index >= 15 is 0 Å². The predicted molar refractivity (Wildman–Crippen MR) is 133 cm³/mol. The third-order valence-corrected chi connectivity index (χ3v) is 6.07. The highest BCUT2D eigenvalue weighted by Crippen LogP contribution is 2.42. The van der Waals surface area contributed by atoms with Gasteiger partial charge in [0.25, 0.3) is 5.56 Å². The molecule has 1 aromatic carbocycles. The number of alkyl halides is 3. The minimum Gasteiger partial charge on any atom is -0.483 e. The number of halogens is 3. The maximum atomic E-state index is 14.2. The monoisotopic (exact) mass is 532 g/mol. The maximum absolute atomic E-state index is 14.2. The number of carbonyl (C=O) groups is 1. The molecule has 0 bridgehead atoms. The van der Waals surface area contributed by atoms with E-state index in [9.17, 15) is 27.9 Å². The molecule has 0 aliphatic carbocycles. The van der Waals surface area contributed by atoms with Crippen molar-refractivity contribution in [3.63, 3.8) is 0 Å². The Morgan fingerprint density at radius 1 is 1.29 bits per heavy atom. The zero-order chi connectivity index (χ0) is 27.8. The van der Waals surface area contributed by atoms with Crippen LogP contribution in [0.4, 0.5) is 13.2 Å². The molecule has 0 radical (unpaired) electrons. The lowest BCUT2D eigenvalue weighted by atomic mass is 9.90. The quantitative estimate of drug-likeness (QED) is 0.350. The molecule has 202 valence electrons. The summed E-state index contributed by atoms with van der Waals surface area (Å²) in [5.74, 6) is -0.997. The first-order chi connectivity index (χ1) is 17.8. The van der Waals surface area contributed by atoms with Crippen LogP contribution in [0.25, 0.3) is 11.3 Å². The summed E-state index contributed by atoms with van der Waals surface area (Å²) >= 11 is 0. The summed E-state index contributed by atoms with van der Waals surface area (Å²) in [7, 11) is 0. The zero-order valence-electron chi connectivity index (χ0n) is 20.9. The van der Waals surface area contributed by atoms with Gasteiger partial charge < -0.3 is 29.8 Å². The number of rotatable bonds is 8. The highest BCUT2D eigenvalue weighted by atomic mass is 19.4. The molecule has 0 unspecified atom stereocenters. The first-order valence-electron chi connectivity index (χ1n) is 11.8. The van der Waals surface area contributed by atoms with Gasteiger partial charge in [-0.1, -0.05) is 0 Å². The molecular weight excluding hydrogens is 505 g/mol. The normalized spacial score (nSPS) is 15.4. The number of pyridine rings is 1. The predicted octanol–water partition coefficient (Wildman–Crippen LogP) is 3.39. The van der Waals surface area contributed by atoms with E-state index in [1.165, 1.54) is 35.3 Å². The van der Waals surface area contributed by atoms with Crippen molar-refractivity contribution in [2.45, 2.75) is 45.0 Å². The number of aromatic amines is 1. The molecule has 2 aromatic heterocycles. The number of aliphatic hydroxyl groups is 1. The lowest BCUT2D eigenvalue weighted by Gasteiger charge is -2.33. The van der Waals surface area contributed by atoms with Gasteiger partial charge in [-0.05, 0) is 62.2 Å². The van der Waals surface area contributed by atoms with Crippen molar-refractivity contribution in [3.05, 3.63) is 81.3 Å². The Hall–Kier alpha value is -3.90. The van der Waals surface area contributed by atoms with Crippen LogP contribution in [0.3, 0.4) is 0 Å². The number of fused-ring (bicyclic) bond motifs is 1. The van der Waals surface area contributed by atoms with Gasteiger partial charge in [0.05, 0.1) is 24.2 Å². The lowest BCUT2D eigenvalue weighted by molar-refractivity contribution is -0.138. The van der Waals surface area contributed by atoms with E-state index in [0.29, 0.717) is 16.9 Å². The lowest BCUT2D eigenvalue weighted by Crippen LogP contribution is -2.34. The summed E-state index contributed by atoms with van der Waals surface area (Å²) in [6.07, 6.45) is -0.383. The van der Waals surface area contributed by atoms with Gasteiger partial charge in [0, 0.05) is 30.8 Å². The van der Waals surface area contributed by atoms with E-state index in [0.717, 1.165) is 6.07 Å². The number of hydrogen-bond acceptors (Lipinski definition) is 6. The van der Waals surface area contributed by atoms with Crippen LogP contribution in [0.15, 0.2) is 47.7 Å². The largest absolute Gasteiger partial charge is 0.483 e. The summed E-state index contributed by atoms with van der Waals surface area (Å²) in [6.45, 7) is 5.51. The van der Waals surface area contributed by atoms with Crippen LogP contribution in [0.5, 0.6) is 5.75 Å². The third-order valence-electron chi connectivity index (χ3n) is 6.07. The molecule has 0 amide bonds. The average Bonchev–Trinajstić information content (AvgIpc) is 3.28. The van der Waals surface area contributed by atoms with Gasteiger partial charge in [-0.2, -0.15) is 13.2 Å². The molecule has 0 fully saturated rings. The van der Waals surface area contributed by atoms with E-state index in [1.807, 2.05) is 0 Å². The summed E-state index contributed by atoms with van der Waals surface area (Å²) in [4.78, 5) is 29.8. The van der Waals surface area contributed by atoms with Gasteiger partial charge >= 0.3 is 12.1 Å². The molecule has 12 heteroatoms. The summed E-state index contributed by atoms with van der Waals surface area (Å²) in [6, 6.07) is 4.71. The van der Waals surface area contributed by atoms with Crippen LogP contribution < -0.4 is 15.6 Å². The molecule has 0 saturated carbocycles. The molecule has 4 rings (SSSR count). The molecule has 0 spiro atoms. The molecule has 3 aromatic rings. The van der Waals surface area contributed by atoms with E-state index in [-0.39, 0.29) is 48.3 Å². The Morgan fingerprint density at radius 2 is 2.03 bits per heavy atom. The van der Waals surface area contributed by atoms with Crippen LogP contribution in [-0.2, 0) is 12.6 Å². The average molecular weight is 533 g/mol. The number of nitrogens with one attached hydrogen (secondary N) is 2. The zero-order valence-corrected chi connectivity index (χ0v) is 20.9. The Balaban J connectivity index is 1.70. The maximum Gasteiger partial charge on any atom is 0.416 e. The van der Waals surface area contributed by atoms with Gasteiger partial charge in [0.2, 0.25) is 0 Å². The number of ether oxygens (including phenoxy) is 1. The smallest absolute Gasteiger partial charge is 0.416 e. The van der Waals surface area contributed by atoms with Gasteiger partial charge in [-0.3, -0.25) is 4.79 Å². The van der Waals surface area contributed by atoms with Crippen molar-refractivity contribution in [1.29, 1.82) is 0 Å². The molecule has 1 aliphatic rings. The fourth-order valence-electron chi connectivity index (χ4n) is 4.25. The minimum absolute atomic E-state index is 0.0506. The van der Waals surface area contributed by atoms with Crippen molar-refractivity contribution in [3.8, 4) is 11.4 Å².